The molecular formula is C15H15Br2N3O. The fourth-order valence-electron chi connectivity index (χ4n) is 1.68. The number of carbonyl (C=O) groups is 1. The van der Waals surface area contributed by atoms with Crippen LogP contribution in [0.2, 0.25) is 0 Å². The van der Waals surface area contributed by atoms with Crippen molar-refractivity contribution in [1.82, 2.24) is 4.98 Å². The first-order valence-electron chi connectivity index (χ1n) is 6.56. The highest BCUT2D eigenvalue weighted by Crippen LogP contribution is 2.26. The molecule has 110 valence electrons. The fourth-order valence-corrected chi connectivity index (χ4v) is 2.83. The number of nitrogens with zero attached hydrogens (tertiary/aromatic N) is 1. The van der Waals surface area contributed by atoms with Gasteiger partial charge in [0.25, 0.3) is 5.91 Å². The normalized spacial score (nSPS) is 10.2. The monoisotopic (exact) mass is 411 g/mol. The Kier molecular flexibility index (Phi) is 5.76. The molecule has 0 aliphatic rings. The van der Waals surface area contributed by atoms with Crippen molar-refractivity contribution in [2.75, 3.05) is 17.2 Å². The molecule has 0 aliphatic carbocycles. The second-order valence-electron chi connectivity index (χ2n) is 4.44. The van der Waals surface area contributed by atoms with Gasteiger partial charge in [0.15, 0.2) is 0 Å². The molecule has 6 heteroatoms. The number of hydrogen-bond donors (Lipinski definition) is 2. The van der Waals surface area contributed by atoms with Crippen LogP contribution in [0.3, 0.4) is 0 Å². The number of anilines is 2. The SMILES string of the molecule is CCCNc1ccc(C(=O)Nc2ccc(Br)cc2Br)nc1. The molecule has 4 nitrogen and oxygen atoms in total. The third kappa shape index (κ3) is 4.54. The van der Waals surface area contributed by atoms with Crippen LogP contribution in [0.4, 0.5) is 11.4 Å². The molecule has 0 aliphatic heterocycles. The highest BCUT2D eigenvalue weighted by Gasteiger charge is 2.09. The van der Waals surface area contributed by atoms with Gasteiger partial charge in [-0.05, 0) is 52.7 Å². The fraction of sp³-hybridized carbons (Fsp3) is 0.200. The summed E-state index contributed by atoms with van der Waals surface area (Å²) in [4.78, 5) is 16.3. The Balaban J connectivity index is 2.06. The molecule has 0 saturated carbocycles. The molecule has 21 heavy (non-hydrogen) atoms. The molecule has 1 aromatic carbocycles. The van der Waals surface area contributed by atoms with Crippen molar-refractivity contribution in [3.05, 3.63) is 51.2 Å². The molecule has 2 N–H and O–H groups in total. The Labute approximate surface area is 140 Å². The predicted molar refractivity (Wildman–Crippen MR) is 92.8 cm³/mol. The summed E-state index contributed by atoms with van der Waals surface area (Å²) in [6.07, 6.45) is 2.71. The summed E-state index contributed by atoms with van der Waals surface area (Å²) < 4.78 is 1.75. The molecule has 2 rings (SSSR count). The van der Waals surface area contributed by atoms with E-state index in [4.69, 9.17) is 0 Å². The first-order valence-corrected chi connectivity index (χ1v) is 8.15. The van der Waals surface area contributed by atoms with Gasteiger partial charge in [-0.3, -0.25) is 4.79 Å². The maximum absolute atomic E-state index is 12.1. The van der Waals surface area contributed by atoms with Gasteiger partial charge in [-0.1, -0.05) is 22.9 Å². The molecule has 0 fully saturated rings. The zero-order valence-corrected chi connectivity index (χ0v) is 14.7. The van der Waals surface area contributed by atoms with E-state index >= 15 is 0 Å². The van der Waals surface area contributed by atoms with Crippen LogP contribution < -0.4 is 10.6 Å². The van der Waals surface area contributed by atoms with Gasteiger partial charge in [-0.25, -0.2) is 4.98 Å². The summed E-state index contributed by atoms with van der Waals surface area (Å²) >= 11 is 6.79. The lowest BCUT2D eigenvalue weighted by Crippen LogP contribution is -2.14. The summed E-state index contributed by atoms with van der Waals surface area (Å²) in [5, 5.41) is 6.05. The summed E-state index contributed by atoms with van der Waals surface area (Å²) in [5.41, 5.74) is 2.00. The van der Waals surface area contributed by atoms with E-state index in [0.29, 0.717) is 11.4 Å². The third-order valence-corrected chi connectivity index (χ3v) is 3.90. The quantitative estimate of drug-likeness (QED) is 0.749. The molecule has 0 radical (unpaired) electrons. The average molecular weight is 413 g/mol. The topological polar surface area (TPSA) is 54.0 Å². The summed E-state index contributed by atoms with van der Waals surface area (Å²) in [6.45, 7) is 2.98. The zero-order chi connectivity index (χ0) is 15.2. The lowest BCUT2D eigenvalue weighted by Gasteiger charge is -2.08. The summed E-state index contributed by atoms with van der Waals surface area (Å²) in [5.74, 6) is -0.236. The Morgan fingerprint density at radius 2 is 2.05 bits per heavy atom. The van der Waals surface area contributed by atoms with Crippen molar-refractivity contribution >= 4 is 49.1 Å². The number of halogens is 2. The van der Waals surface area contributed by atoms with E-state index in [2.05, 4.69) is 54.4 Å². The van der Waals surface area contributed by atoms with Gasteiger partial charge < -0.3 is 10.6 Å². The largest absolute Gasteiger partial charge is 0.384 e. The van der Waals surface area contributed by atoms with Crippen LogP contribution in [0.5, 0.6) is 0 Å². The smallest absolute Gasteiger partial charge is 0.274 e. The molecule has 2 aromatic rings. The van der Waals surface area contributed by atoms with Gasteiger partial charge in [-0.2, -0.15) is 0 Å². The minimum Gasteiger partial charge on any atom is -0.384 e. The van der Waals surface area contributed by atoms with Crippen LogP contribution in [-0.4, -0.2) is 17.4 Å². The van der Waals surface area contributed by atoms with Crippen molar-refractivity contribution < 1.29 is 4.79 Å². The maximum atomic E-state index is 12.1. The zero-order valence-electron chi connectivity index (χ0n) is 11.5. The van der Waals surface area contributed by atoms with E-state index < -0.39 is 0 Å². The highest BCUT2D eigenvalue weighted by molar-refractivity contribution is 9.11. The highest BCUT2D eigenvalue weighted by atomic mass is 79.9. The van der Waals surface area contributed by atoms with E-state index in [1.165, 1.54) is 0 Å². The molecule has 1 amide bonds. The number of pyridine rings is 1. The molecule has 0 unspecified atom stereocenters. The van der Waals surface area contributed by atoms with Gasteiger partial charge >= 0.3 is 0 Å². The Hall–Kier alpha value is -1.40. The lowest BCUT2D eigenvalue weighted by atomic mass is 10.3. The maximum Gasteiger partial charge on any atom is 0.274 e. The minimum absolute atomic E-state index is 0.236. The van der Waals surface area contributed by atoms with Crippen LogP contribution in [-0.2, 0) is 0 Å². The van der Waals surface area contributed by atoms with Crippen LogP contribution in [0, 0.1) is 0 Å². The number of aromatic nitrogens is 1. The third-order valence-electron chi connectivity index (χ3n) is 2.75. The van der Waals surface area contributed by atoms with E-state index in [1.54, 1.807) is 12.3 Å². The van der Waals surface area contributed by atoms with Crippen molar-refractivity contribution in [3.63, 3.8) is 0 Å². The average Bonchev–Trinajstić information content (AvgIpc) is 2.48. The Morgan fingerprint density at radius 3 is 2.67 bits per heavy atom. The van der Waals surface area contributed by atoms with Crippen molar-refractivity contribution in [2.45, 2.75) is 13.3 Å². The van der Waals surface area contributed by atoms with Crippen LogP contribution >= 0.6 is 31.9 Å². The number of hydrogen-bond acceptors (Lipinski definition) is 3. The number of amides is 1. The van der Waals surface area contributed by atoms with E-state index in [-0.39, 0.29) is 5.91 Å². The van der Waals surface area contributed by atoms with E-state index in [1.807, 2.05) is 24.3 Å². The number of carbonyl (C=O) groups excluding carboxylic acids is 1. The van der Waals surface area contributed by atoms with Crippen molar-refractivity contribution in [2.24, 2.45) is 0 Å². The van der Waals surface area contributed by atoms with Gasteiger partial charge in [0.1, 0.15) is 5.69 Å². The molecule has 0 saturated heterocycles. The Morgan fingerprint density at radius 1 is 1.24 bits per heavy atom. The second-order valence-corrected chi connectivity index (χ2v) is 6.21. The molecule has 0 spiro atoms. The Bertz CT molecular complexity index is 629. The summed E-state index contributed by atoms with van der Waals surface area (Å²) in [7, 11) is 0. The molecule has 0 atom stereocenters. The van der Waals surface area contributed by atoms with E-state index in [9.17, 15) is 4.79 Å². The van der Waals surface area contributed by atoms with E-state index in [0.717, 1.165) is 27.6 Å². The second kappa shape index (κ2) is 7.56. The minimum atomic E-state index is -0.236. The molecule has 1 aromatic heterocycles. The number of rotatable bonds is 5. The molecule has 0 bridgehead atoms. The lowest BCUT2D eigenvalue weighted by molar-refractivity contribution is 0.102. The summed E-state index contributed by atoms with van der Waals surface area (Å²) in [6, 6.07) is 9.13. The van der Waals surface area contributed by atoms with Gasteiger partial charge in [0.05, 0.1) is 17.6 Å². The van der Waals surface area contributed by atoms with Gasteiger partial charge in [0, 0.05) is 15.5 Å². The predicted octanol–water partition coefficient (Wildman–Crippen LogP) is 4.68. The molecule has 1 heterocycles. The standard InChI is InChI=1S/C15H15Br2N3O/c1-2-7-18-11-4-6-14(19-9-11)15(21)20-13-5-3-10(16)8-12(13)17/h3-6,8-9,18H,2,7H2,1H3,(H,20,21). The van der Waals surface area contributed by atoms with Gasteiger partial charge in [0.2, 0.25) is 0 Å². The van der Waals surface area contributed by atoms with Crippen LogP contribution in [0.25, 0.3) is 0 Å². The van der Waals surface area contributed by atoms with Gasteiger partial charge in [-0.15, -0.1) is 0 Å². The van der Waals surface area contributed by atoms with Crippen LogP contribution in [0.15, 0.2) is 45.5 Å². The van der Waals surface area contributed by atoms with Crippen molar-refractivity contribution in [1.29, 1.82) is 0 Å². The first kappa shape index (κ1) is 16.0. The van der Waals surface area contributed by atoms with Crippen LogP contribution in [0.1, 0.15) is 23.8 Å². The number of nitrogens with one attached hydrogen (secondary N) is 2. The number of benzene rings is 1. The first-order chi connectivity index (χ1) is 10.1. The van der Waals surface area contributed by atoms with Crippen molar-refractivity contribution in [3.8, 4) is 0 Å². The molecular weight excluding hydrogens is 398 g/mol.